The molecule has 0 bridgehead atoms. The van der Waals surface area contributed by atoms with E-state index in [4.69, 9.17) is 5.73 Å². The number of hydrogen-bond donors (Lipinski definition) is 1. The fourth-order valence-electron chi connectivity index (χ4n) is 2.17. The average Bonchev–Trinajstić information content (AvgIpc) is 3.12. The first-order chi connectivity index (χ1) is 9.11. The molecule has 2 aliphatic rings. The Bertz CT molecular complexity index is 539. The molecule has 1 aromatic heterocycles. The van der Waals surface area contributed by atoms with Crippen LogP contribution in [0.2, 0.25) is 0 Å². The molecule has 3 rings (SSSR count). The van der Waals surface area contributed by atoms with Crippen LogP contribution in [0, 0.1) is 0 Å². The number of aromatic nitrogens is 3. The minimum atomic E-state index is -0.384. The maximum Gasteiger partial charge on any atom is 0.243 e. The molecule has 1 aliphatic carbocycles. The van der Waals surface area contributed by atoms with Gasteiger partial charge in [-0.3, -0.25) is 14.5 Å². The average molecular weight is 281 g/mol. The Balaban J connectivity index is 1.82. The second-order valence-electron chi connectivity index (χ2n) is 4.81. The first kappa shape index (κ1) is 12.6. The second kappa shape index (κ2) is 4.61. The number of nitrogens with two attached hydrogens (primary N) is 1. The first-order valence-corrected chi connectivity index (χ1v) is 7.10. The van der Waals surface area contributed by atoms with E-state index in [-0.39, 0.29) is 23.5 Å². The Hall–Kier alpha value is -1.41. The summed E-state index contributed by atoms with van der Waals surface area (Å²) in [7, 11) is 1.52. The van der Waals surface area contributed by atoms with E-state index in [9.17, 15) is 9.59 Å². The molecule has 0 spiro atoms. The van der Waals surface area contributed by atoms with Crippen molar-refractivity contribution in [3.05, 3.63) is 5.82 Å². The van der Waals surface area contributed by atoms with E-state index < -0.39 is 0 Å². The van der Waals surface area contributed by atoms with Gasteiger partial charge in [0.2, 0.25) is 11.8 Å². The number of thioether (sulfide) groups is 1. The van der Waals surface area contributed by atoms with Crippen LogP contribution in [-0.2, 0) is 16.1 Å². The molecule has 2 N–H and O–H groups in total. The molecular formula is C11H15N5O2S. The van der Waals surface area contributed by atoms with Crippen molar-refractivity contribution in [2.75, 3.05) is 7.05 Å². The third-order valence-corrected chi connectivity index (χ3v) is 4.56. The van der Waals surface area contributed by atoms with Crippen molar-refractivity contribution >= 4 is 23.6 Å². The van der Waals surface area contributed by atoms with Gasteiger partial charge in [-0.1, -0.05) is 11.8 Å². The van der Waals surface area contributed by atoms with Crippen molar-refractivity contribution in [3.8, 4) is 0 Å². The molecule has 2 fully saturated rings. The molecule has 2 heterocycles. The molecule has 2 amide bonds. The van der Waals surface area contributed by atoms with Gasteiger partial charge >= 0.3 is 0 Å². The summed E-state index contributed by atoms with van der Waals surface area (Å²) in [6.45, 7) is 0.335. The molecule has 1 unspecified atom stereocenters. The number of carbonyl (C=O) groups excluding carboxylic acids is 2. The highest BCUT2D eigenvalue weighted by molar-refractivity contribution is 8.00. The summed E-state index contributed by atoms with van der Waals surface area (Å²) >= 11 is 1.32. The molecule has 1 saturated heterocycles. The number of carbonyl (C=O) groups is 2. The van der Waals surface area contributed by atoms with Crippen LogP contribution in [0.25, 0.3) is 0 Å². The number of amides is 2. The fourth-order valence-corrected chi connectivity index (χ4v) is 3.36. The van der Waals surface area contributed by atoms with Crippen LogP contribution in [0.15, 0.2) is 5.16 Å². The Morgan fingerprint density at radius 3 is 2.63 bits per heavy atom. The molecule has 102 valence electrons. The Kier molecular flexibility index (Phi) is 3.06. The van der Waals surface area contributed by atoms with Crippen LogP contribution < -0.4 is 5.73 Å². The van der Waals surface area contributed by atoms with Crippen LogP contribution in [0.4, 0.5) is 0 Å². The topological polar surface area (TPSA) is 94.1 Å². The summed E-state index contributed by atoms with van der Waals surface area (Å²) in [5.74, 6) is 0.448. The van der Waals surface area contributed by atoms with Crippen molar-refractivity contribution in [1.82, 2.24) is 19.7 Å². The molecule has 1 aliphatic heterocycles. The molecule has 1 atom stereocenters. The summed E-state index contributed by atoms with van der Waals surface area (Å²) in [6.07, 6.45) is 2.42. The standard InChI is InChI=1S/C11H15N5O2S/c1-15-9(17)4-7(10(15)18)19-11-14-13-8(5-12)16(11)6-2-3-6/h6-7H,2-5,12H2,1H3. The molecule has 19 heavy (non-hydrogen) atoms. The normalized spacial score (nSPS) is 23.5. The third kappa shape index (κ3) is 2.14. The minimum absolute atomic E-state index is 0.140. The lowest BCUT2D eigenvalue weighted by Gasteiger charge is -2.10. The van der Waals surface area contributed by atoms with E-state index in [1.165, 1.54) is 23.7 Å². The van der Waals surface area contributed by atoms with Gasteiger partial charge in [0.25, 0.3) is 0 Å². The maximum atomic E-state index is 11.9. The van der Waals surface area contributed by atoms with E-state index in [1.807, 2.05) is 4.57 Å². The molecule has 8 heteroatoms. The minimum Gasteiger partial charge on any atom is -0.324 e. The van der Waals surface area contributed by atoms with Gasteiger partial charge in [-0.25, -0.2) is 0 Å². The van der Waals surface area contributed by atoms with Gasteiger partial charge in [-0.05, 0) is 12.8 Å². The summed E-state index contributed by atoms with van der Waals surface area (Å²) in [5.41, 5.74) is 5.65. The maximum absolute atomic E-state index is 11.9. The molecule has 1 aromatic rings. The molecule has 7 nitrogen and oxygen atoms in total. The van der Waals surface area contributed by atoms with E-state index in [2.05, 4.69) is 10.2 Å². The highest BCUT2D eigenvalue weighted by atomic mass is 32.2. The van der Waals surface area contributed by atoms with Crippen LogP contribution in [0.5, 0.6) is 0 Å². The third-order valence-electron chi connectivity index (χ3n) is 3.42. The van der Waals surface area contributed by atoms with Gasteiger partial charge < -0.3 is 10.3 Å². The summed E-state index contributed by atoms with van der Waals surface area (Å²) in [4.78, 5) is 24.6. The van der Waals surface area contributed by atoms with Gasteiger partial charge in [-0.2, -0.15) is 0 Å². The van der Waals surface area contributed by atoms with Crippen molar-refractivity contribution in [1.29, 1.82) is 0 Å². The quantitative estimate of drug-likeness (QED) is 0.776. The number of nitrogens with zero attached hydrogens (tertiary/aromatic N) is 4. The predicted octanol–water partition coefficient (Wildman–Crippen LogP) is -0.0789. The van der Waals surface area contributed by atoms with Crippen molar-refractivity contribution in [3.63, 3.8) is 0 Å². The van der Waals surface area contributed by atoms with E-state index in [1.54, 1.807) is 0 Å². The van der Waals surface area contributed by atoms with Gasteiger partial charge in [0.05, 0.1) is 6.54 Å². The van der Waals surface area contributed by atoms with E-state index >= 15 is 0 Å². The van der Waals surface area contributed by atoms with Gasteiger partial charge in [0.1, 0.15) is 11.1 Å². The van der Waals surface area contributed by atoms with Crippen molar-refractivity contribution in [2.24, 2.45) is 5.73 Å². The first-order valence-electron chi connectivity index (χ1n) is 6.22. The number of likely N-dealkylation sites (tertiary alicyclic amines) is 1. The highest BCUT2D eigenvalue weighted by Crippen LogP contribution is 2.40. The predicted molar refractivity (Wildman–Crippen MR) is 68.2 cm³/mol. The fraction of sp³-hybridized carbons (Fsp3) is 0.636. The SMILES string of the molecule is CN1C(=O)CC(Sc2nnc(CN)n2C2CC2)C1=O. The largest absolute Gasteiger partial charge is 0.324 e. The van der Waals surface area contributed by atoms with Crippen molar-refractivity contribution < 1.29 is 9.59 Å². The van der Waals surface area contributed by atoms with E-state index in [0.29, 0.717) is 17.7 Å². The molecule has 1 saturated carbocycles. The Morgan fingerprint density at radius 1 is 1.37 bits per heavy atom. The lowest BCUT2D eigenvalue weighted by Crippen LogP contribution is -2.26. The summed E-state index contributed by atoms with van der Waals surface area (Å²) in [6, 6.07) is 0.404. The van der Waals surface area contributed by atoms with Gasteiger partial charge in [0, 0.05) is 19.5 Å². The van der Waals surface area contributed by atoms with Crippen molar-refractivity contribution in [2.45, 2.75) is 42.3 Å². The molecular weight excluding hydrogens is 266 g/mol. The second-order valence-corrected chi connectivity index (χ2v) is 5.98. The summed E-state index contributed by atoms with van der Waals surface area (Å²) < 4.78 is 2.01. The zero-order chi connectivity index (χ0) is 13.6. The Morgan fingerprint density at radius 2 is 2.11 bits per heavy atom. The number of hydrogen-bond acceptors (Lipinski definition) is 6. The number of rotatable bonds is 4. The van der Waals surface area contributed by atoms with Crippen LogP contribution in [-0.4, -0.2) is 43.8 Å². The zero-order valence-electron chi connectivity index (χ0n) is 10.6. The smallest absolute Gasteiger partial charge is 0.243 e. The lowest BCUT2D eigenvalue weighted by atomic mass is 10.4. The Labute approximate surface area is 114 Å². The monoisotopic (exact) mass is 281 g/mol. The number of imide groups is 1. The van der Waals surface area contributed by atoms with Crippen LogP contribution >= 0.6 is 11.8 Å². The summed E-state index contributed by atoms with van der Waals surface area (Å²) in [5, 5.41) is 8.48. The molecule has 0 radical (unpaired) electrons. The van der Waals surface area contributed by atoms with Gasteiger partial charge in [0.15, 0.2) is 5.16 Å². The van der Waals surface area contributed by atoms with Crippen LogP contribution in [0.3, 0.4) is 0 Å². The lowest BCUT2D eigenvalue weighted by molar-refractivity contribution is -0.136. The molecule has 0 aromatic carbocycles. The highest BCUT2D eigenvalue weighted by Gasteiger charge is 2.39. The van der Waals surface area contributed by atoms with Gasteiger partial charge in [-0.15, -0.1) is 10.2 Å². The van der Waals surface area contributed by atoms with Crippen LogP contribution in [0.1, 0.15) is 31.1 Å². The zero-order valence-corrected chi connectivity index (χ0v) is 11.4. The van der Waals surface area contributed by atoms with E-state index in [0.717, 1.165) is 18.7 Å².